The minimum atomic E-state index is -0.269. The fourth-order valence-corrected chi connectivity index (χ4v) is 2.79. The van der Waals surface area contributed by atoms with Crippen molar-refractivity contribution >= 4 is 5.91 Å². The number of rotatable bonds is 2. The number of benzene rings is 1. The Kier molecular flexibility index (Phi) is 4.72. The second-order valence-electron chi connectivity index (χ2n) is 7.25. The third-order valence-corrected chi connectivity index (χ3v) is 4.20. The number of hydrogen-bond acceptors (Lipinski definition) is 2. The van der Waals surface area contributed by atoms with Crippen LogP contribution < -0.4 is 0 Å². The molecule has 0 bridgehead atoms. The van der Waals surface area contributed by atoms with Gasteiger partial charge in [0.1, 0.15) is 0 Å². The predicted octanol–water partition coefficient (Wildman–Crippen LogP) is 2.99. The Hall–Kier alpha value is -1.35. The topological polar surface area (TPSA) is 23.6 Å². The number of carbonyl (C=O) groups is 1. The van der Waals surface area contributed by atoms with Gasteiger partial charge in [-0.05, 0) is 25.0 Å². The van der Waals surface area contributed by atoms with Crippen LogP contribution in [0.3, 0.4) is 0 Å². The van der Waals surface area contributed by atoms with E-state index in [0.29, 0.717) is 0 Å². The van der Waals surface area contributed by atoms with E-state index < -0.39 is 0 Å². The van der Waals surface area contributed by atoms with E-state index in [-0.39, 0.29) is 11.3 Å². The molecule has 2 rings (SSSR count). The lowest BCUT2D eigenvalue weighted by Crippen LogP contribution is -2.51. The van der Waals surface area contributed by atoms with E-state index in [9.17, 15) is 4.79 Å². The monoisotopic (exact) mass is 288 g/mol. The fraction of sp³-hybridized carbons (Fsp3) is 0.611. The zero-order chi connectivity index (χ0) is 15.6. The van der Waals surface area contributed by atoms with Gasteiger partial charge in [0.2, 0.25) is 5.91 Å². The van der Waals surface area contributed by atoms with Gasteiger partial charge in [0, 0.05) is 38.1 Å². The van der Waals surface area contributed by atoms with Crippen molar-refractivity contribution in [1.29, 1.82) is 0 Å². The van der Waals surface area contributed by atoms with Crippen LogP contribution in [-0.4, -0.2) is 41.9 Å². The Morgan fingerprint density at radius 2 is 1.71 bits per heavy atom. The molecule has 0 unspecified atom stereocenters. The van der Waals surface area contributed by atoms with Gasteiger partial charge >= 0.3 is 0 Å². The van der Waals surface area contributed by atoms with Crippen molar-refractivity contribution in [2.45, 2.75) is 41.2 Å². The van der Waals surface area contributed by atoms with Gasteiger partial charge in [0.25, 0.3) is 0 Å². The molecule has 0 radical (unpaired) electrons. The summed E-state index contributed by atoms with van der Waals surface area (Å²) < 4.78 is 0. The lowest BCUT2D eigenvalue weighted by molar-refractivity contribution is -0.141. The van der Waals surface area contributed by atoms with Crippen LogP contribution in [0.5, 0.6) is 0 Å². The van der Waals surface area contributed by atoms with E-state index in [1.807, 2.05) is 25.7 Å². The molecule has 1 aromatic carbocycles. The van der Waals surface area contributed by atoms with Gasteiger partial charge in [-0.15, -0.1) is 0 Å². The van der Waals surface area contributed by atoms with Crippen molar-refractivity contribution in [2.24, 2.45) is 5.41 Å². The summed E-state index contributed by atoms with van der Waals surface area (Å²) in [5, 5.41) is 0. The molecule has 1 aliphatic heterocycles. The molecule has 21 heavy (non-hydrogen) atoms. The maximum Gasteiger partial charge on any atom is 0.228 e. The molecule has 3 nitrogen and oxygen atoms in total. The first-order chi connectivity index (χ1) is 9.77. The van der Waals surface area contributed by atoms with Crippen LogP contribution in [0.2, 0.25) is 0 Å². The molecule has 1 heterocycles. The predicted molar refractivity (Wildman–Crippen MR) is 87.2 cm³/mol. The number of piperazine rings is 1. The van der Waals surface area contributed by atoms with Gasteiger partial charge in [-0.3, -0.25) is 9.69 Å². The highest BCUT2D eigenvalue weighted by Gasteiger charge is 2.29. The minimum Gasteiger partial charge on any atom is -0.340 e. The Morgan fingerprint density at radius 3 is 2.29 bits per heavy atom. The van der Waals surface area contributed by atoms with Gasteiger partial charge in [0.15, 0.2) is 0 Å². The van der Waals surface area contributed by atoms with E-state index in [0.717, 1.165) is 32.7 Å². The highest BCUT2D eigenvalue weighted by molar-refractivity contribution is 5.81. The first kappa shape index (κ1) is 16.0. The molecule has 0 aliphatic carbocycles. The molecule has 0 aromatic heterocycles. The third kappa shape index (κ3) is 4.07. The molecular formula is C18H28N2O. The summed E-state index contributed by atoms with van der Waals surface area (Å²) in [6, 6.07) is 6.64. The maximum atomic E-state index is 12.3. The lowest BCUT2D eigenvalue weighted by Gasteiger charge is -2.37. The standard InChI is InChI=1S/C18H28N2O/c1-14-6-7-15(2)16(12-14)13-19-8-10-20(11-9-19)17(21)18(3,4)5/h6-7,12H,8-11,13H2,1-5H3. The molecule has 0 spiro atoms. The van der Waals surface area contributed by atoms with Gasteiger partial charge in [0.05, 0.1) is 0 Å². The van der Waals surface area contributed by atoms with E-state index in [1.165, 1.54) is 16.7 Å². The van der Waals surface area contributed by atoms with Crippen LogP contribution in [-0.2, 0) is 11.3 Å². The number of nitrogens with zero attached hydrogens (tertiary/aromatic N) is 2. The zero-order valence-corrected chi connectivity index (χ0v) is 14.1. The average Bonchev–Trinajstić information content (AvgIpc) is 2.42. The molecule has 0 saturated carbocycles. The maximum absolute atomic E-state index is 12.3. The van der Waals surface area contributed by atoms with Crippen LogP contribution >= 0.6 is 0 Å². The smallest absolute Gasteiger partial charge is 0.228 e. The number of carbonyl (C=O) groups excluding carboxylic acids is 1. The first-order valence-electron chi connectivity index (χ1n) is 7.85. The van der Waals surface area contributed by atoms with Crippen LogP contribution in [0.15, 0.2) is 18.2 Å². The van der Waals surface area contributed by atoms with E-state index in [4.69, 9.17) is 0 Å². The Bertz CT molecular complexity index is 508. The van der Waals surface area contributed by atoms with Gasteiger partial charge in [-0.1, -0.05) is 44.5 Å². The van der Waals surface area contributed by atoms with Crippen molar-refractivity contribution in [1.82, 2.24) is 9.80 Å². The van der Waals surface area contributed by atoms with E-state index in [2.05, 4.69) is 36.9 Å². The Labute approximate surface area is 128 Å². The number of hydrogen-bond donors (Lipinski definition) is 0. The molecule has 3 heteroatoms. The molecule has 1 saturated heterocycles. The Balaban J connectivity index is 1.93. The molecule has 116 valence electrons. The van der Waals surface area contributed by atoms with Crippen LogP contribution in [0.4, 0.5) is 0 Å². The summed E-state index contributed by atoms with van der Waals surface area (Å²) in [5.41, 5.74) is 3.81. The summed E-state index contributed by atoms with van der Waals surface area (Å²) in [7, 11) is 0. The summed E-state index contributed by atoms with van der Waals surface area (Å²) in [6.45, 7) is 14.9. The lowest BCUT2D eigenvalue weighted by atomic mass is 9.94. The number of amides is 1. The van der Waals surface area contributed by atoms with Crippen molar-refractivity contribution in [3.8, 4) is 0 Å². The average molecular weight is 288 g/mol. The van der Waals surface area contributed by atoms with Gasteiger partial charge < -0.3 is 4.90 Å². The van der Waals surface area contributed by atoms with Crippen molar-refractivity contribution in [2.75, 3.05) is 26.2 Å². The molecule has 1 amide bonds. The summed E-state index contributed by atoms with van der Waals surface area (Å²) in [5.74, 6) is 0.272. The van der Waals surface area contributed by atoms with E-state index in [1.54, 1.807) is 0 Å². The molecular weight excluding hydrogens is 260 g/mol. The summed E-state index contributed by atoms with van der Waals surface area (Å²) >= 11 is 0. The SMILES string of the molecule is Cc1ccc(C)c(CN2CCN(C(=O)C(C)(C)C)CC2)c1. The highest BCUT2D eigenvalue weighted by Crippen LogP contribution is 2.20. The molecule has 0 atom stereocenters. The normalized spacial score (nSPS) is 17.1. The van der Waals surface area contributed by atoms with Crippen molar-refractivity contribution in [3.63, 3.8) is 0 Å². The largest absolute Gasteiger partial charge is 0.340 e. The van der Waals surface area contributed by atoms with Crippen molar-refractivity contribution in [3.05, 3.63) is 34.9 Å². The van der Waals surface area contributed by atoms with Crippen LogP contribution in [0.25, 0.3) is 0 Å². The second kappa shape index (κ2) is 6.18. The molecule has 1 aliphatic rings. The zero-order valence-electron chi connectivity index (χ0n) is 14.1. The van der Waals surface area contributed by atoms with E-state index >= 15 is 0 Å². The van der Waals surface area contributed by atoms with Gasteiger partial charge in [-0.25, -0.2) is 0 Å². The quantitative estimate of drug-likeness (QED) is 0.835. The van der Waals surface area contributed by atoms with Gasteiger partial charge in [-0.2, -0.15) is 0 Å². The summed E-state index contributed by atoms with van der Waals surface area (Å²) in [6.07, 6.45) is 0. The second-order valence-corrected chi connectivity index (χ2v) is 7.25. The Morgan fingerprint density at radius 1 is 1.10 bits per heavy atom. The third-order valence-electron chi connectivity index (χ3n) is 4.20. The molecule has 1 aromatic rings. The van der Waals surface area contributed by atoms with Crippen LogP contribution in [0.1, 0.15) is 37.5 Å². The highest BCUT2D eigenvalue weighted by atomic mass is 16.2. The fourth-order valence-electron chi connectivity index (χ4n) is 2.79. The molecule has 0 N–H and O–H groups in total. The van der Waals surface area contributed by atoms with Crippen LogP contribution in [0, 0.1) is 19.3 Å². The number of aryl methyl sites for hydroxylation is 2. The summed E-state index contributed by atoms with van der Waals surface area (Å²) in [4.78, 5) is 16.8. The molecule has 1 fully saturated rings. The minimum absolute atomic E-state index is 0.269. The first-order valence-corrected chi connectivity index (χ1v) is 7.85. The van der Waals surface area contributed by atoms with Crippen molar-refractivity contribution < 1.29 is 4.79 Å².